The molecule has 1 N–H and O–H groups in total. The summed E-state index contributed by atoms with van der Waals surface area (Å²) in [6, 6.07) is 9.59. The Labute approximate surface area is 119 Å². The molecule has 1 heterocycles. The van der Waals surface area contributed by atoms with Crippen LogP contribution in [0.25, 0.3) is 0 Å². The van der Waals surface area contributed by atoms with E-state index in [0.29, 0.717) is 12.1 Å². The summed E-state index contributed by atoms with van der Waals surface area (Å²) in [4.78, 5) is 4.36. The van der Waals surface area contributed by atoms with Crippen molar-refractivity contribution >= 4 is 11.3 Å². The molecular formula is C16H22N2S. The van der Waals surface area contributed by atoms with E-state index in [4.69, 9.17) is 0 Å². The second-order valence-corrected chi connectivity index (χ2v) is 5.90. The third kappa shape index (κ3) is 3.88. The second-order valence-electron chi connectivity index (χ2n) is 4.97. The van der Waals surface area contributed by atoms with E-state index in [1.807, 2.05) is 11.6 Å². The van der Waals surface area contributed by atoms with Gasteiger partial charge in [-0.1, -0.05) is 37.6 Å². The zero-order valence-electron chi connectivity index (χ0n) is 11.9. The maximum atomic E-state index is 4.36. The standard InChI is InChI=1S/C16H22N2S/c1-4-5-14-6-8-15(9-7-14)12(2)18-13(3)16-17-10-11-19-16/h6-13,18H,4-5H2,1-3H3. The number of nitrogens with zero attached hydrogens (tertiary/aromatic N) is 1. The molecule has 2 unspecified atom stereocenters. The smallest absolute Gasteiger partial charge is 0.109 e. The lowest BCUT2D eigenvalue weighted by Gasteiger charge is -2.19. The van der Waals surface area contributed by atoms with Crippen molar-refractivity contribution in [2.75, 3.05) is 0 Å². The largest absolute Gasteiger partial charge is 0.302 e. The van der Waals surface area contributed by atoms with E-state index in [0.717, 1.165) is 11.4 Å². The predicted molar refractivity (Wildman–Crippen MR) is 82.5 cm³/mol. The summed E-state index contributed by atoms with van der Waals surface area (Å²) in [6.45, 7) is 6.59. The highest BCUT2D eigenvalue weighted by Crippen LogP contribution is 2.21. The molecule has 2 nitrogen and oxygen atoms in total. The Morgan fingerprint density at radius 3 is 2.47 bits per heavy atom. The zero-order chi connectivity index (χ0) is 13.7. The van der Waals surface area contributed by atoms with Gasteiger partial charge in [0.05, 0.1) is 6.04 Å². The van der Waals surface area contributed by atoms with Crippen molar-refractivity contribution in [1.82, 2.24) is 10.3 Å². The van der Waals surface area contributed by atoms with Gasteiger partial charge in [-0.25, -0.2) is 4.98 Å². The minimum atomic E-state index is 0.297. The molecule has 0 saturated heterocycles. The molecule has 0 saturated carbocycles. The number of hydrogen-bond donors (Lipinski definition) is 1. The molecular weight excluding hydrogens is 252 g/mol. The third-order valence-corrected chi connectivity index (χ3v) is 4.30. The Morgan fingerprint density at radius 1 is 1.16 bits per heavy atom. The number of aromatic nitrogens is 1. The van der Waals surface area contributed by atoms with Crippen molar-refractivity contribution in [3.05, 3.63) is 52.0 Å². The van der Waals surface area contributed by atoms with Crippen LogP contribution < -0.4 is 5.32 Å². The molecule has 0 aliphatic heterocycles. The summed E-state index contributed by atoms with van der Waals surface area (Å²) >= 11 is 1.70. The first kappa shape index (κ1) is 14.2. The predicted octanol–water partition coefficient (Wildman–Crippen LogP) is 4.51. The molecule has 0 fully saturated rings. The minimum Gasteiger partial charge on any atom is -0.302 e. The Morgan fingerprint density at radius 2 is 1.89 bits per heavy atom. The maximum absolute atomic E-state index is 4.36. The fourth-order valence-corrected chi connectivity index (χ4v) is 2.91. The van der Waals surface area contributed by atoms with E-state index < -0.39 is 0 Å². The van der Waals surface area contributed by atoms with Crippen molar-refractivity contribution in [2.45, 2.75) is 45.7 Å². The zero-order valence-corrected chi connectivity index (χ0v) is 12.7. The van der Waals surface area contributed by atoms with E-state index in [2.05, 4.69) is 55.3 Å². The van der Waals surface area contributed by atoms with Crippen LogP contribution in [0, 0.1) is 0 Å². The normalized spacial score (nSPS) is 14.3. The van der Waals surface area contributed by atoms with Crippen LogP contribution in [-0.2, 0) is 6.42 Å². The summed E-state index contributed by atoms with van der Waals surface area (Å²) < 4.78 is 0. The van der Waals surface area contributed by atoms with Crippen LogP contribution >= 0.6 is 11.3 Å². The fraction of sp³-hybridized carbons (Fsp3) is 0.438. The van der Waals surface area contributed by atoms with Crippen LogP contribution in [0.2, 0.25) is 0 Å². The molecule has 19 heavy (non-hydrogen) atoms. The third-order valence-electron chi connectivity index (χ3n) is 3.34. The first-order chi connectivity index (χ1) is 9.20. The molecule has 2 aromatic rings. The van der Waals surface area contributed by atoms with Crippen LogP contribution in [0.1, 0.15) is 55.4 Å². The van der Waals surface area contributed by atoms with Gasteiger partial charge in [-0.2, -0.15) is 0 Å². The molecule has 0 bridgehead atoms. The van der Waals surface area contributed by atoms with E-state index in [9.17, 15) is 0 Å². The topological polar surface area (TPSA) is 24.9 Å². The molecule has 2 rings (SSSR count). The summed E-state index contributed by atoms with van der Waals surface area (Å²) in [5.41, 5.74) is 2.76. The van der Waals surface area contributed by atoms with Crippen LogP contribution in [0.5, 0.6) is 0 Å². The molecule has 0 spiro atoms. The van der Waals surface area contributed by atoms with Crippen molar-refractivity contribution in [3.8, 4) is 0 Å². The maximum Gasteiger partial charge on any atom is 0.109 e. The quantitative estimate of drug-likeness (QED) is 0.838. The van der Waals surface area contributed by atoms with Gasteiger partial charge >= 0.3 is 0 Å². The highest BCUT2D eigenvalue weighted by atomic mass is 32.1. The van der Waals surface area contributed by atoms with Crippen molar-refractivity contribution in [1.29, 1.82) is 0 Å². The van der Waals surface area contributed by atoms with Gasteiger partial charge in [0.15, 0.2) is 0 Å². The molecule has 0 aliphatic rings. The average molecular weight is 274 g/mol. The summed E-state index contributed by atoms with van der Waals surface area (Å²) in [7, 11) is 0. The molecule has 102 valence electrons. The number of rotatable bonds is 6. The highest BCUT2D eigenvalue weighted by Gasteiger charge is 2.12. The summed E-state index contributed by atoms with van der Waals surface area (Å²) in [5, 5.41) is 6.77. The molecule has 1 aromatic carbocycles. The lowest BCUT2D eigenvalue weighted by Crippen LogP contribution is -2.22. The molecule has 1 aromatic heterocycles. The van der Waals surface area contributed by atoms with Gasteiger partial charge in [0, 0.05) is 17.6 Å². The molecule has 3 heteroatoms. The fourth-order valence-electron chi connectivity index (χ4n) is 2.25. The molecule has 0 aliphatic carbocycles. The summed E-state index contributed by atoms with van der Waals surface area (Å²) in [5.74, 6) is 0. The van der Waals surface area contributed by atoms with Gasteiger partial charge in [-0.3, -0.25) is 0 Å². The first-order valence-electron chi connectivity index (χ1n) is 6.95. The average Bonchev–Trinajstić information content (AvgIpc) is 2.94. The molecule has 0 amide bonds. The van der Waals surface area contributed by atoms with Crippen molar-refractivity contribution in [2.24, 2.45) is 0 Å². The van der Waals surface area contributed by atoms with Crippen molar-refractivity contribution in [3.63, 3.8) is 0 Å². The lowest BCUT2D eigenvalue weighted by molar-refractivity contribution is 0.493. The van der Waals surface area contributed by atoms with Crippen LogP contribution in [0.4, 0.5) is 0 Å². The molecule has 2 atom stereocenters. The Bertz CT molecular complexity index is 476. The van der Waals surface area contributed by atoms with E-state index in [1.165, 1.54) is 17.5 Å². The number of benzene rings is 1. The van der Waals surface area contributed by atoms with Gasteiger partial charge < -0.3 is 5.32 Å². The lowest BCUT2D eigenvalue weighted by atomic mass is 10.0. The van der Waals surface area contributed by atoms with E-state index >= 15 is 0 Å². The summed E-state index contributed by atoms with van der Waals surface area (Å²) in [6.07, 6.45) is 4.23. The second kappa shape index (κ2) is 6.83. The van der Waals surface area contributed by atoms with Gasteiger partial charge in [0.2, 0.25) is 0 Å². The van der Waals surface area contributed by atoms with Gasteiger partial charge in [-0.15, -0.1) is 11.3 Å². The highest BCUT2D eigenvalue weighted by molar-refractivity contribution is 7.09. The van der Waals surface area contributed by atoms with Gasteiger partial charge in [0.1, 0.15) is 5.01 Å². The van der Waals surface area contributed by atoms with Gasteiger partial charge in [-0.05, 0) is 31.4 Å². The monoisotopic (exact) mass is 274 g/mol. The first-order valence-corrected chi connectivity index (χ1v) is 7.83. The minimum absolute atomic E-state index is 0.297. The molecule has 0 radical (unpaired) electrons. The van der Waals surface area contributed by atoms with E-state index in [1.54, 1.807) is 11.3 Å². The Kier molecular flexibility index (Phi) is 5.11. The Hall–Kier alpha value is -1.19. The van der Waals surface area contributed by atoms with Crippen LogP contribution in [0.3, 0.4) is 0 Å². The number of hydrogen-bond acceptors (Lipinski definition) is 3. The number of aryl methyl sites for hydroxylation is 1. The van der Waals surface area contributed by atoms with Crippen LogP contribution in [-0.4, -0.2) is 4.98 Å². The van der Waals surface area contributed by atoms with Gasteiger partial charge in [0.25, 0.3) is 0 Å². The Balaban J connectivity index is 1.97. The van der Waals surface area contributed by atoms with Crippen molar-refractivity contribution < 1.29 is 0 Å². The van der Waals surface area contributed by atoms with E-state index in [-0.39, 0.29) is 0 Å². The van der Waals surface area contributed by atoms with Crippen LogP contribution in [0.15, 0.2) is 35.8 Å². The SMILES string of the molecule is CCCc1ccc(C(C)NC(C)c2nccs2)cc1. The number of thiazole rings is 1. The number of nitrogens with one attached hydrogen (secondary N) is 1.